The molecule has 0 bridgehead atoms. The first-order valence-electron chi connectivity index (χ1n) is 9.44. The molecule has 2 aromatic rings. The van der Waals surface area contributed by atoms with Crippen LogP contribution in [0.3, 0.4) is 0 Å². The van der Waals surface area contributed by atoms with Gasteiger partial charge in [-0.25, -0.2) is 0 Å². The van der Waals surface area contributed by atoms with Crippen LogP contribution in [0.5, 0.6) is 5.75 Å². The number of amides is 1. The van der Waals surface area contributed by atoms with Gasteiger partial charge in [-0.15, -0.1) is 0 Å². The summed E-state index contributed by atoms with van der Waals surface area (Å²) in [4.78, 5) is 37.8. The smallest absolute Gasteiger partial charge is 0.293 e. The van der Waals surface area contributed by atoms with Gasteiger partial charge in [0.15, 0.2) is 0 Å². The lowest BCUT2D eigenvalue weighted by molar-refractivity contribution is -0.384. The maximum absolute atomic E-state index is 12.4. The molecule has 29 heavy (non-hydrogen) atoms. The van der Waals surface area contributed by atoms with Gasteiger partial charge in [-0.3, -0.25) is 19.7 Å². The summed E-state index contributed by atoms with van der Waals surface area (Å²) in [5.41, 5.74) is 1.78. The number of aryl methyl sites for hydroxylation is 1. The van der Waals surface area contributed by atoms with Gasteiger partial charge in [0.25, 0.3) is 5.69 Å². The molecule has 0 unspecified atom stereocenters. The molecule has 1 heterocycles. The van der Waals surface area contributed by atoms with Crippen molar-refractivity contribution in [1.29, 1.82) is 0 Å². The molecule has 1 saturated heterocycles. The van der Waals surface area contributed by atoms with Gasteiger partial charge in [-0.2, -0.15) is 0 Å². The molecule has 1 fully saturated rings. The number of piperazine rings is 1. The van der Waals surface area contributed by atoms with E-state index in [1.165, 1.54) is 6.07 Å². The van der Waals surface area contributed by atoms with E-state index >= 15 is 0 Å². The fourth-order valence-electron chi connectivity index (χ4n) is 3.27. The lowest BCUT2D eigenvalue weighted by Crippen LogP contribution is -2.49. The third kappa shape index (κ3) is 5.10. The van der Waals surface area contributed by atoms with Crippen molar-refractivity contribution in [3.8, 4) is 5.75 Å². The van der Waals surface area contributed by atoms with Crippen molar-refractivity contribution < 1.29 is 19.2 Å². The van der Waals surface area contributed by atoms with Crippen LogP contribution < -0.4 is 9.64 Å². The van der Waals surface area contributed by atoms with E-state index in [1.807, 2.05) is 36.1 Å². The Bertz CT molecular complexity index is 890. The van der Waals surface area contributed by atoms with E-state index < -0.39 is 4.92 Å². The van der Waals surface area contributed by atoms with Crippen LogP contribution in [-0.2, 0) is 4.79 Å². The zero-order valence-corrected chi connectivity index (χ0v) is 16.2. The van der Waals surface area contributed by atoms with E-state index in [0.29, 0.717) is 44.8 Å². The number of carbonyl (C=O) groups is 2. The fraction of sp³-hybridized carbons (Fsp3) is 0.333. The number of nitro benzene ring substituents is 1. The van der Waals surface area contributed by atoms with Crippen LogP contribution in [0.2, 0.25) is 0 Å². The quantitative estimate of drug-likeness (QED) is 0.405. The van der Waals surface area contributed by atoms with Crippen molar-refractivity contribution in [2.75, 3.05) is 37.7 Å². The van der Waals surface area contributed by atoms with Crippen LogP contribution in [0.15, 0.2) is 42.5 Å². The fourth-order valence-corrected chi connectivity index (χ4v) is 3.27. The van der Waals surface area contributed by atoms with Gasteiger partial charge in [-0.05, 0) is 31.2 Å². The molecule has 8 nitrogen and oxygen atoms in total. The monoisotopic (exact) mass is 397 g/mol. The minimum absolute atomic E-state index is 0.00237. The van der Waals surface area contributed by atoms with E-state index in [4.69, 9.17) is 4.74 Å². The molecule has 152 valence electrons. The first kappa shape index (κ1) is 20.3. The van der Waals surface area contributed by atoms with Gasteiger partial charge >= 0.3 is 0 Å². The number of rotatable bonds is 7. The Morgan fingerprint density at radius 3 is 2.45 bits per heavy atom. The van der Waals surface area contributed by atoms with Crippen molar-refractivity contribution in [3.63, 3.8) is 0 Å². The van der Waals surface area contributed by atoms with Crippen molar-refractivity contribution in [2.45, 2.75) is 13.3 Å². The topological polar surface area (TPSA) is 93.0 Å². The van der Waals surface area contributed by atoms with Gasteiger partial charge in [-0.1, -0.05) is 17.7 Å². The van der Waals surface area contributed by atoms with E-state index in [-0.39, 0.29) is 23.6 Å². The molecule has 1 aliphatic heterocycles. The average molecular weight is 397 g/mol. The van der Waals surface area contributed by atoms with E-state index in [9.17, 15) is 19.7 Å². The Morgan fingerprint density at radius 1 is 1.14 bits per heavy atom. The van der Waals surface area contributed by atoms with Gasteiger partial charge in [0, 0.05) is 37.8 Å². The molecular formula is C21H23N3O5. The number of benzene rings is 2. The summed E-state index contributed by atoms with van der Waals surface area (Å²) in [6.07, 6.45) is 0.869. The molecular weight excluding hydrogens is 374 g/mol. The van der Waals surface area contributed by atoms with Crippen molar-refractivity contribution in [1.82, 2.24) is 4.90 Å². The SMILES string of the molecule is Cc1ccc(OCCC(=O)N2CCN(c3ccc(C=O)cc3[N+](=O)[O-])CC2)cc1. The molecule has 0 radical (unpaired) electrons. The van der Waals surface area contributed by atoms with Crippen LogP contribution >= 0.6 is 0 Å². The molecule has 2 aromatic carbocycles. The summed E-state index contributed by atoms with van der Waals surface area (Å²) in [5.74, 6) is 0.738. The first-order chi connectivity index (χ1) is 14.0. The van der Waals surface area contributed by atoms with Crippen LogP contribution in [0, 0.1) is 17.0 Å². The summed E-state index contributed by atoms with van der Waals surface area (Å²) < 4.78 is 5.62. The minimum Gasteiger partial charge on any atom is -0.493 e. The van der Waals surface area contributed by atoms with Crippen LogP contribution in [0.25, 0.3) is 0 Å². The zero-order chi connectivity index (χ0) is 20.8. The van der Waals surface area contributed by atoms with E-state index in [0.717, 1.165) is 11.3 Å². The Morgan fingerprint density at radius 2 is 1.83 bits per heavy atom. The molecule has 0 spiro atoms. The second kappa shape index (κ2) is 9.18. The predicted octanol–water partition coefficient (Wildman–Crippen LogP) is 2.83. The number of hydrogen-bond acceptors (Lipinski definition) is 6. The molecule has 1 amide bonds. The number of hydrogen-bond donors (Lipinski definition) is 0. The second-order valence-corrected chi connectivity index (χ2v) is 6.90. The zero-order valence-electron chi connectivity index (χ0n) is 16.2. The first-order valence-corrected chi connectivity index (χ1v) is 9.44. The summed E-state index contributed by atoms with van der Waals surface area (Å²) in [6.45, 7) is 4.25. The highest BCUT2D eigenvalue weighted by Gasteiger charge is 2.26. The van der Waals surface area contributed by atoms with Gasteiger partial charge in [0.2, 0.25) is 5.91 Å². The largest absolute Gasteiger partial charge is 0.493 e. The van der Waals surface area contributed by atoms with Crippen molar-refractivity contribution in [3.05, 3.63) is 63.7 Å². The minimum atomic E-state index is -0.484. The molecule has 3 rings (SSSR count). The normalized spacial score (nSPS) is 13.8. The number of aldehydes is 1. The molecule has 8 heteroatoms. The van der Waals surface area contributed by atoms with Gasteiger partial charge < -0.3 is 14.5 Å². The van der Waals surface area contributed by atoms with E-state index in [1.54, 1.807) is 17.0 Å². The summed E-state index contributed by atoms with van der Waals surface area (Å²) in [7, 11) is 0. The highest BCUT2D eigenvalue weighted by Crippen LogP contribution is 2.29. The third-order valence-corrected chi connectivity index (χ3v) is 4.91. The van der Waals surface area contributed by atoms with Crippen molar-refractivity contribution >= 4 is 23.6 Å². The molecule has 1 aliphatic rings. The second-order valence-electron chi connectivity index (χ2n) is 6.90. The van der Waals surface area contributed by atoms with E-state index in [2.05, 4.69) is 0 Å². The number of nitro groups is 1. The Hall–Kier alpha value is -3.42. The molecule has 0 saturated carbocycles. The third-order valence-electron chi connectivity index (χ3n) is 4.91. The van der Waals surface area contributed by atoms with Crippen LogP contribution in [-0.4, -0.2) is 54.8 Å². The van der Waals surface area contributed by atoms with Crippen LogP contribution in [0.4, 0.5) is 11.4 Å². The Kier molecular flexibility index (Phi) is 6.43. The number of nitrogens with zero attached hydrogens (tertiary/aromatic N) is 3. The summed E-state index contributed by atoms with van der Waals surface area (Å²) in [6, 6.07) is 12.1. The standard InChI is InChI=1S/C21H23N3O5/c1-16-2-5-18(6-3-16)29-13-8-21(26)23-11-9-22(10-12-23)19-7-4-17(15-25)14-20(19)24(27)28/h2-7,14-15H,8-13H2,1H3. The average Bonchev–Trinajstić information content (AvgIpc) is 2.74. The van der Waals surface area contributed by atoms with Crippen LogP contribution in [0.1, 0.15) is 22.3 Å². The lowest BCUT2D eigenvalue weighted by Gasteiger charge is -2.35. The Labute approximate surface area is 168 Å². The lowest BCUT2D eigenvalue weighted by atomic mass is 10.1. The number of ether oxygens (including phenoxy) is 1. The molecule has 0 aliphatic carbocycles. The predicted molar refractivity (Wildman–Crippen MR) is 109 cm³/mol. The maximum atomic E-state index is 12.4. The highest BCUT2D eigenvalue weighted by atomic mass is 16.6. The molecule has 0 aromatic heterocycles. The summed E-state index contributed by atoms with van der Waals surface area (Å²) in [5, 5.41) is 11.3. The number of anilines is 1. The molecule has 0 atom stereocenters. The summed E-state index contributed by atoms with van der Waals surface area (Å²) >= 11 is 0. The number of carbonyl (C=O) groups excluding carboxylic acids is 2. The van der Waals surface area contributed by atoms with Crippen molar-refractivity contribution in [2.24, 2.45) is 0 Å². The Balaban J connectivity index is 1.52. The maximum Gasteiger partial charge on any atom is 0.293 e. The highest BCUT2D eigenvalue weighted by molar-refractivity contribution is 5.80. The van der Waals surface area contributed by atoms with Gasteiger partial charge in [0.05, 0.1) is 18.0 Å². The van der Waals surface area contributed by atoms with Gasteiger partial charge in [0.1, 0.15) is 17.7 Å². The molecule has 0 N–H and O–H groups in total.